The van der Waals surface area contributed by atoms with E-state index < -0.39 is 14.6 Å². The maximum absolute atomic E-state index is 11.4. The molecule has 0 aromatic carbocycles. The van der Waals surface area contributed by atoms with Gasteiger partial charge in [0, 0.05) is 20.0 Å². The van der Waals surface area contributed by atoms with Gasteiger partial charge in [0.2, 0.25) is 14.6 Å². The van der Waals surface area contributed by atoms with Gasteiger partial charge in [-0.3, -0.25) is 4.79 Å². The lowest BCUT2D eigenvalue weighted by atomic mass is 10.4. The third kappa shape index (κ3) is 5.24. The van der Waals surface area contributed by atoms with E-state index in [0.29, 0.717) is 12.8 Å². The summed E-state index contributed by atoms with van der Waals surface area (Å²) in [6.45, 7) is 10.2. The summed E-state index contributed by atoms with van der Waals surface area (Å²) < 4.78 is 17.2. The fraction of sp³-hybridized carbons (Fsp3) is 0.929. The number of carbonyl (C=O) groups excluding carboxylic acids is 1. The highest BCUT2D eigenvalue weighted by Crippen LogP contribution is 2.26. The zero-order valence-corrected chi connectivity index (χ0v) is 14.3. The second-order valence-electron chi connectivity index (χ2n) is 4.69. The minimum Gasteiger partial charge on any atom is -0.436 e. The number of rotatable bonds is 10. The summed E-state index contributed by atoms with van der Waals surface area (Å²) in [4.78, 5) is 11.4. The molecule has 4 nitrogen and oxygen atoms in total. The standard InChI is InChI=1S/C14H30O4Si/c1-7-12(15)17-13(8-2)18-14(9-3)19(10-4,11-5)16-6/h13-14H,7-11H2,1-6H3. The van der Waals surface area contributed by atoms with Crippen molar-refractivity contribution < 1.29 is 18.7 Å². The van der Waals surface area contributed by atoms with Gasteiger partial charge in [0.05, 0.1) is 5.73 Å². The third-order valence-electron chi connectivity index (χ3n) is 3.76. The van der Waals surface area contributed by atoms with Gasteiger partial charge in [-0.1, -0.05) is 34.6 Å². The average Bonchev–Trinajstić information content (AvgIpc) is 2.46. The molecule has 2 unspecified atom stereocenters. The predicted octanol–water partition coefficient (Wildman–Crippen LogP) is 3.64. The van der Waals surface area contributed by atoms with Gasteiger partial charge in [-0.2, -0.15) is 0 Å². The molecule has 0 amide bonds. The summed E-state index contributed by atoms with van der Waals surface area (Å²) in [5, 5.41) is 0. The van der Waals surface area contributed by atoms with Gasteiger partial charge < -0.3 is 13.9 Å². The average molecular weight is 290 g/mol. The number of hydrogen-bond acceptors (Lipinski definition) is 4. The molecular formula is C14H30O4Si. The van der Waals surface area contributed by atoms with E-state index >= 15 is 0 Å². The van der Waals surface area contributed by atoms with Crippen LogP contribution >= 0.6 is 0 Å². The fourth-order valence-electron chi connectivity index (χ4n) is 2.34. The minimum absolute atomic E-state index is 0.0714. The molecule has 0 saturated heterocycles. The van der Waals surface area contributed by atoms with Crippen LogP contribution in [0.3, 0.4) is 0 Å². The number of carbonyl (C=O) groups is 1. The van der Waals surface area contributed by atoms with Crippen molar-refractivity contribution in [2.45, 2.75) is 78.0 Å². The molecule has 0 saturated carbocycles. The summed E-state index contributed by atoms with van der Waals surface area (Å²) in [5.74, 6) is -0.209. The zero-order valence-electron chi connectivity index (χ0n) is 13.3. The van der Waals surface area contributed by atoms with Crippen LogP contribution in [0, 0.1) is 0 Å². The first-order valence-electron chi connectivity index (χ1n) is 7.43. The smallest absolute Gasteiger partial charge is 0.307 e. The Morgan fingerprint density at radius 2 is 1.63 bits per heavy atom. The summed E-state index contributed by atoms with van der Waals surface area (Å²) in [7, 11) is -0.119. The second-order valence-corrected chi connectivity index (χ2v) is 9.29. The van der Waals surface area contributed by atoms with E-state index in [-0.39, 0.29) is 11.7 Å². The van der Waals surface area contributed by atoms with Gasteiger partial charge >= 0.3 is 5.97 Å². The van der Waals surface area contributed by atoms with Crippen molar-refractivity contribution >= 4 is 14.3 Å². The molecule has 0 aliphatic carbocycles. The molecule has 0 fully saturated rings. The molecule has 0 aromatic rings. The van der Waals surface area contributed by atoms with Crippen molar-refractivity contribution in [2.24, 2.45) is 0 Å². The van der Waals surface area contributed by atoms with Crippen LogP contribution in [0.1, 0.15) is 53.9 Å². The fourth-order valence-corrected chi connectivity index (χ4v) is 5.73. The van der Waals surface area contributed by atoms with Crippen LogP contribution in [0.15, 0.2) is 0 Å². The molecule has 0 rings (SSSR count). The summed E-state index contributed by atoms with van der Waals surface area (Å²) >= 11 is 0. The Morgan fingerprint density at radius 3 is 1.95 bits per heavy atom. The van der Waals surface area contributed by atoms with E-state index in [9.17, 15) is 4.79 Å². The molecule has 0 spiro atoms. The van der Waals surface area contributed by atoms with Gasteiger partial charge in [0.1, 0.15) is 0 Å². The number of ether oxygens (including phenoxy) is 2. The molecule has 0 aliphatic heterocycles. The number of esters is 1. The largest absolute Gasteiger partial charge is 0.436 e. The highest BCUT2D eigenvalue weighted by molar-refractivity contribution is 6.74. The first-order chi connectivity index (χ1) is 9.03. The molecule has 2 atom stereocenters. The van der Waals surface area contributed by atoms with Crippen molar-refractivity contribution in [3.63, 3.8) is 0 Å². The predicted molar refractivity (Wildman–Crippen MR) is 79.4 cm³/mol. The van der Waals surface area contributed by atoms with E-state index in [1.165, 1.54) is 0 Å². The molecule has 0 aromatic heterocycles. The Kier molecular flexibility index (Phi) is 9.30. The first kappa shape index (κ1) is 18.6. The lowest BCUT2D eigenvalue weighted by Gasteiger charge is -2.36. The van der Waals surface area contributed by atoms with Crippen LogP contribution < -0.4 is 0 Å². The van der Waals surface area contributed by atoms with Gasteiger partial charge in [0.15, 0.2) is 0 Å². The molecule has 5 heteroatoms. The SMILES string of the molecule is CCC(=O)OC(CC)OC(CC)[Si](CC)(CC)OC. The van der Waals surface area contributed by atoms with Crippen molar-refractivity contribution in [2.75, 3.05) is 7.11 Å². The second kappa shape index (κ2) is 9.50. The van der Waals surface area contributed by atoms with E-state index in [1.54, 1.807) is 14.0 Å². The highest BCUT2D eigenvalue weighted by Gasteiger charge is 2.40. The maximum Gasteiger partial charge on any atom is 0.307 e. The maximum atomic E-state index is 11.4. The normalized spacial score (nSPS) is 15.1. The van der Waals surface area contributed by atoms with Crippen molar-refractivity contribution in [1.82, 2.24) is 0 Å². The molecule has 0 heterocycles. The molecule has 0 bridgehead atoms. The highest BCUT2D eigenvalue weighted by atomic mass is 28.4. The Labute approximate surface area is 118 Å². The van der Waals surface area contributed by atoms with Crippen LogP contribution in [0.2, 0.25) is 12.1 Å². The Morgan fingerprint density at radius 1 is 1.05 bits per heavy atom. The quantitative estimate of drug-likeness (QED) is 0.350. The monoisotopic (exact) mass is 290 g/mol. The molecule has 0 N–H and O–H groups in total. The van der Waals surface area contributed by atoms with Crippen LogP contribution in [-0.4, -0.2) is 33.4 Å². The van der Waals surface area contributed by atoms with Crippen molar-refractivity contribution in [3.8, 4) is 0 Å². The topological polar surface area (TPSA) is 44.8 Å². The van der Waals surface area contributed by atoms with Crippen LogP contribution in [-0.2, 0) is 18.7 Å². The zero-order chi connectivity index (χ0) is 14.9. The first-order valence-corrected chi connectivity index (χ1v) is 9.83. The molecule has 0 radical (unpaired) electrons. The van der Waals surface area contributed by atoms with Crippen molar-refractivity contribution in [3.05, 3.63) is 0 Å². The minimum atomic E-state index is -1.90. The van der Waals surface area contributed by atoms with E-state index in [2.05, 4.69) is 20.8 Å². The van der Waals surface area contributed by atoms with Crippen LogP contribution in [0.5, 0.6) is 0 Å². The Hall–Kier alpha value is -0.393. The van der Waals surface area contributed by atoms with Crippen LogP contribution in [0.25, 0.3) is 0 Å². The summed E-state index contributed by atoms with van der Waals surface area (Å²) in [6.07, 6.45) is 1.49. The van der Waals surface area contributed by atoms with Gasteiger partial charge in [-0.05, 0) is 18.5 Å². The summed E-state index contributed by atoms with van der Waals surface area (Å²) in [6, 6.07) is 2.02. The third-order valence-corrected chi connectivity index (χ3v) is 8.69. The van der Waals surface area contributed by atoms with Gasteiger partial charge in [-0.15, -0.1) is 0 Å². The van der Waals surface area contributed by atoms with Crippen molar-refractivity contribution in [1.29, 1.82) is 0 Å². The lowest BCUT2D eigenvalue weighted by molar-refractivity contribution is -0.184. The molecular weight excluding hydrogens is 260 g/mol. The van der Waals surface area contributed by atoms with E-state index in [0.717, 1.165) is 18.5 Å². The lowest BCUT2D eigenvalue weighted by Crippen LogP contribution is -2.51. The van der Waals surface area contributed by atoms with E-state index in [1.807, 2.05) is 6.92 Å². The Bertz CT molecular complexity index is 246. The van der Waals surface area contributed by atoms with Gasteiger partial charge in [0.25, 0.3) is 0 Å². The molecule has 19 heavy (non-hydrogen) atoms. The molecule has 0 aliphatic rings. The van der Waals surface area contributed by atoms with Crippen LogP contribution in [0.4, 0.5) is 0 Å². The van der Waals surface area contributed by atoms with E-state index in [4.69, 9.17) is 13.9 Å². The molecule has 114 valence electrons. The van der Waals surface area contributed by atoms with Gasteiger partial charge in [-0.25, -0.2) is 0 Å². The number of hydrogen-bond donors (Lipinski definition) is 0. The Balaban J connectivity index is 4.79. The summed E-state index contributed by atoms with van der Waals surface area (Å²) in [5.41, 5.74) is 0.0714.